The lowest BCUT2D eigenvalue weighted by Crippen LogP contribution is -2.47. The van der Waals surface area contributed by atoms with Crippen molar-refractivity contribution >= 4 is 17.2 Å². The molecule has 6 heteroatoms. The molecule has 1 aromatic heterocycles. The third-order valence-corrected chi connectivity index (χ3v) is 4.32. The minimum atomic E-state index is -0.423. The molecule has 19 heavy (non-hydrogen) atoms. The summed E-state index contributed by atoms with van der Waals surface area (Å²) in [6.45, 7) is 3.91. The van der Waals surface area contributed by atoms with Gasteiger partial charge in [-0.15, -0.1) is 11.3 Å². The maximum atomic E-state index is 12.3. The smallest absolute Gasteiger partial charge is 0.239 e. The second-order valence-corrected chi connectivity index (χ2v) is 6.09. The first kappa shape index (κ1) is 14.4. The van der Waals surface area contributed by atoms with Crippen LogP contribution in [0, 0.1) is 12.8 Å². The highest BCUT2D eigenvalue weighted by molar-refractivity contribution is 7.09. The van der Waals surface area contributed by atoms with Crippen LogP contribution in [0.2, 0.25) is 0 Å². The minimum absolute atomic E-state index is 0.00227. The molecule has 1 amide bonds. The fourth-order valence-electron chi connectivity index (χ4n) is 2.33. The van der Waals surface area contributed by atoms with Crippen LogP contribution < -0.4 is 5.73 Å². The van der Waals surface area contributed by atoms with E-state index in [-0.39, 0.29) is 11.8 Å². The van der Waals surface area contributed by atoms with E-state index in [9.17, 15) is 4.79 Å². The topological polar surface area (TPSA) is 68.5 Å². The maximum Gasteiger partial charge on any atom is 0.239 e. The number of carbonyl (C=O) groups is 1. The minimum Gasteiger partial charge on any atom is -0.381 e. The Morgan fingerprint density at radius 3 is 2.89 bits per heavy atom. The molecular weight excluding hydrogens is 262 g/mol. The van der Waals surface area contributed by atoms with E-state index in [1.807, 2.05) is 12.3 Å². The summed E-state index contributed by atoms with van der Waals surface area (Å²) < 4.78 is 5.30. The van der Waals surface area contributed by atoms with E-state index >= 15 is 0 Å². The molecule has 1 saturated heterocycles. The summed E-state index contributed by atoms with van der Waals surface area (Å²) in [5, 5.41) is 3.00. The lowest BCUT2D eigenvalue weighted by Gasteiger charge is -2.29. The fourth-order valence-corrected chi connectivity index (χ4v) is 2.94. The Kier molecular flexibility index (Phi) is 4.90. The number of likely N-dealkylation sites (N-methyl/N-ethyl adjacent to an activating group) is 1. The molecule has 106 valence electrons. The van der Waals surface area contributed by atoms with Gasteiger partial charge in [0.15, 0.2) is 0 Å². The average Bonchev–Trinajstić information content (AvgIpc) is 2.83. The summed E-state index contributed by atoms with van der Waals surface area (Å²) in [7, 11) is 1.79. The Balaban J connectivity index is 1.90. The van der Waals surface area contributed by atoms with Crippen molar-refractivity contribution in [1.29, 1.82) is 0 Å². The molecule has 2 N–H and O–H groups in total. The number of aromatic nitrogens is 1. The second-order valence-electron chi connectivity index (χ2n) is 5.03. The van der Waals surface area contributed by atoms with Gasteiger partial charge in [-0.3, -0.25) is 4.79 Å². The Hall–Kier alpha value is -0.980. The molecule has 1 atom stereocenters. The molecule has 0 radical (unpaired) electrons. The quantitative estimate of drug-likeness (QED) is 0.900. The third-order valence-electron chi connectivity index (χ3n) is 3.50. The Morgan fingerprint density at radius 1 is 1.63 bits per heavy atom. The zero-order valence-corrected chi connectivity index (χ0v) is 12.3. The van der Waals surface area contributed by atoms with Crippen molar-refractivity contribution in [3.63, 3.8) is 0 Å². The zero-order valence-electron chi connectivity index (χ0n) is 11.5. The Morgan fingerprint density at radius 2 is 2.32 bits per heavy atom. The number of rotatable bonds is 4. The summed E-state index contributed by atoms with van der Waals surface area (Å²) >= 11 is 1.60. The van der Waals surface area contributed by atoms with Crippen LogP contribution in [0.15, 0.2) is 5.38 Å². The molecule has 2 rings (SSSR count). The predicted octanol–water partition coefficient (Wildman–Crippen LogP) is 1.16. The molecule has 1 aromatic rings. The van der Waals surface area contributed by atoms with Gasteiger partial charge in [0.25, 0.3) is 0 Å². The molecule has 1 fully saturated rings. The van der Waals surface area contributed by atoms with E-state index in [4.69, 9.17) is 10.5 Å². The standard InChI is InChI=1S/C13H21N3O2S/c1-9-15-11(8-19-9)7-16(2)13(17)12(14)10-3-5-18-6-4-10/h8,10,12H,3-7,14H2,1-2H3. The van der Waals surface area contributed by atoms with Gasteiger partial charge in [-0.2, -0.15) is 0 Å². The lowest BCUT2D eigenvalue weighted by molar-refractivity contribution is -0.134. The number of aryl methyl sites for hydroxylation is 1. The van der Waals surface area contributed by atoms with Crippen LogP contribution in [0.1, 0.15) is 23.5 Å². The summed E-state index contributed by atoms with van der Waals surface area (Å²) in [4.78, 5) is 18.3. The number of nitrogens with zero attached hydrogens (tertiary/aromatic N) is 2. The first-order valence-corrected chi connectivity index (χ1v) is 7.45. The molecule has 0 spiro atoms. The fraction of sp³-hybridized carbons (Fsp3) is 0.692. The molecular formula is C13H21N3O2S. The molecule has 2 heterocycles. The number of nitrogens with two attached hydrogens (primary N) is 1. The normalized spacial score (nSPS) is 18.3. The second kappa shape index (κ2) is 6.45. The number of carbonyl (C=O) groups excluding carboxylic acids is 1. The Bertz CT molecular complexity index is 429. The molecule has 0 saturated carbocycles. The summed E-state index contributed by atoms with van der Waals surface area (Å²) in [5.41, 5.74) is 7.02. The van der Waals surface area contributed by atoms with Gasteiger partial charge in [-0.05, 0) is 25.7 Å². The summed E-state index contributed by atoms with van der Waals surface area (Å²) in [5.74, 6) is 0.235. The van der Waals surface area contributed by atoms with Crippen LogP contribution in [-0.4, -0.2) is 42.1 Å². The van der Waals surface area contributed by atoms with Crippen molar-refractivity contribution in [3.8, 4) is 0 Å². The van der Waals surface area contributed by atoms with E-state index in [0.29, 0.717) is 19.8 Å². The number of amides is 1. The first-order chi connectivity index (χ1) is 9.08. The van der Waals surface area contributed by atoms with Crippen LogP contribution in [0.3, 0.4) is 0 Å². The van der Waals surface area contributed by atoms with Gasteiger partial charge in [0.05, 0.1) is 23.3 Å². The van der Waals surface area contributed by atoms with Gasteiger partial charge >= 0.3 is 0 Å². The number of hydrogen-bond donors (Lipinski definition) is 1. The molecule has 0 aliphatic carbocycles. The molecule has 5 nitrogen and oxygen atoms in total. The van der Waals surface area contributed by atoms with E-state index in [2.05, 4.69) is 4.98 Å². The van der Waals surface area contributed by atoms with Crippen LogP contribution in [0.4, 0.5) is 0 Å². The first-order valence-electron chi connectivity index (χ1n) is 6.57. The van der Waals surface area contributed by atoms with Crippen molar-refractivity contribution in [2.24, 2.45) is 11.7 Å². The monoisotopic (exact) mass is 283 g/mol. The predicted molar refractivity (Wildman–Crippen MR) is 74.8 cm³/mol. The zero-order chi connectivity index (χ0) is 13.8. The van der Waals surface area contributed by atoms with E-state index in [1.165, 1.54) is 0 Å². The van der Waals surface area contributed by atoms with Gasteiger partial charge in [0.1, 0.15) is 0 Å². The largest absolute Gasteiger partial charge is 0.381 e. The van der Waals surface area contributed by atoms with Crippen molar-refractivity contribution in [3.05, 3.63) is 16.1 Å². The van der Waals surface area contributed by atoms with Crippen LogP contribution >= 0.6 is 11.3 Å². The van der Waals surface area contributed by atoms with Gasteiger partial charge in [0.2, 0.25) is 5.91 Å². The maximum absolute atomic E-state index is 12.3. The van der Waals surface area contributed by atoms with Crippen molar-refractivity contribution in [1.82, 2.24) is 9.88 Å². The highest BCUT2D eigenvalue weighted by Gasteiger charge is 2.28. The molecule has 0 bridgehead atoms. The van der Waals surface area contributed by atoms with Gasteiger partial charge in [-0.25, -0.2) is 4.98 Å². The van der Waals surface area contributed by atoms with E-state index < -0.39 is 6.04 Å². The third kappa shape index (κ3) is 3.75. The number of hydrogen-bond acceptors (Lipinski definition) is 5. The number of ether oxygens (including phenoxy) is 1. The lowest BCUT2D eigenvalue weighted by atomic mass is 9.91. The molecule has 1 aliphatic rings. The van der Waals surface area contributed by atoms with Crippen LogP contribution in [0.25, 0.3) is 0 Å². The summed E-state index contributed by atoms with van der Waals surface area (Å²) in [6.07, 6.45) is 1.74. The van der Waals surface area contributed by atoms with Crippen molar-refractivity contribution in [2.75, 3.05) is 20.3 Å². The summed E-state index contributed by atoms with van der Waals surface area (Å²) in [6, 6.07) is -0.423. The van der Waals surface area contributed by atoms with E-state index in [1.54, 1.807) is 23.3 Å². The highest BCUT2D eigenvalue weighted by Crippen LogP contribution is 2.19. The highest BCUT2D eigenvalue weighted by atomic mass is 32.1. The number of thiazole rings is 1. The van der Waals surface area contributed by atoms with E-state index in [0.717, 1.165) is 23.5 Å². The van der Waals surface area contributed by atoms with Crippen LogP contribution in [0.5, 0.6) is 0 Å². The van der Waals surface area contributed by atoms with Crippen molar-refractivity contribution < 1.29 is 9.53 Å². The van der Waals surface area contributed by atoms with Crippen LogP contribution in [-0.2, 0) is 16.1 Å². The molecule has 1 aliphatic heterocycles. The van der Waals surface area contributed by atoms with Crippen molar-refractivity contribution in [2.45, 2.75) is 32.4 Å². The van der Waals surface area contributed by atoms with Gasteiger partial charge < -0.3 is 15.4 Å². The molecule has 0 aromatic carbocycles. The SMILES string of the molecule is Cc1nc(CN(C)C(=O)C(N)C2CCOCC2)cs1. The molecule has 1 unspecified atom stereocenters. The van der Waals surface area contributed by atoms with Gasteiger partial charge in [-0.1, -0.05) is 0 Å². The average molecular weight is 283 g/mol. The van der Waals surface area contributed by atoms with Gasteiger partial charge in [0, 0.05) is 25.6 Å². The Labute approximate surface area is 117 Å².